The van der Waals surface area contributed by atoms with Gasteiger partial charge < -0.3 is 10.1 Å². The van der Waals surface area contributed by atoms with E-state index < -0.39 is 16.1 Å². The lowest BCUT2D eigenvalue weighted by Gasteiger charge is -2.24. The van der Waals surface area contributed by atoms with Gasteiger partial charge in [0.15, 0.2) is 0 Å². The molecule has 0 saturated heterocycles. The third-order valence-electron chi connectivity index (χ3n) is 3.78. The molecule has 1 aromatic rings. The molecule has 7 nitrogen and oxygen atoms in total. The number of methoxy groups -OCH3 is 1. The fraction of sp³-hybridized carbons (Fsp3) is 0.375. The molecule has 24 heavy (non-hydrogen) atoms. The van der Waals surface area contributed by atoms with Crippen molar-refractivity contribution in [3.8, 4) is 5.75 Å². The number of allylic oxidation sites excluding steroid dienone is 1. The zero-order valence-corrected chi connectivity index (χ0v) is 14.9. The van der Waals surface area contributed by atoms with Gasteiger partial charge in [-0.25, -0.2) is 4.31 Å². The summed E-state index contributed by atoms with van der Waals surface area (Å²) in [7, 11) is -1.09. The molecule has 0 aromatic heterocycles. The smallest absolute Gasteiger partial charge is 0.345 e. The number of hydrogen-bond acceptors (Lipinski definition) is 4. The average molecular weight is 351 g/mol. The summed E-state index contributed by atoms with van der Waals surface area (Å²) >= 11 is 0. The maximum atomic E-state index is 12.4. The highest BCUT2D eigenvalue weighted by Crippen LogP contribution is 2.21. The van der Waals surface area contributed by atoms with Gasteiger partial charge in [0, 0.05) is 18.7 Å². The number of amides is 1. The van der Waals surface area contributed by atoms with Gasteiger partial charge in [-0.05, 0) is 43.7 Å². The summed E-state index contributed by atoms with van der Waals surface area (Å²) in [5.41, 5.74) is 0.836. The van der Waals surface area contributed by atoms with E-state index in [1.54, 1.807) is 31.4 Å². The molecule has 1 amide bonds. The van der Waals surface area contributed by atoms with Crippen molar-refractivity contribution < 1.29 is 17.9 Å². The number of hydrogen-bond donors (Lipinski definition) is 1. The second kappa shape index (κ2) is 7.04. The van der Waals surface area contributed by atoms with Crippen LogP contribution < -0.4 is 10.1 Å². The number of likely N-dealkylation sites (N-methyl/N-ethyl adjacent to an activating group) is 1. The molecule has 1 atom stereocenters. The van der Waals surface area contributed by atoms with E-state index in [4.69, 9.17) is 4.74 Å². The number of carbonyl (C=O) groups is 1. The van der Waals surface area contributed by atoms with E-state index in [0.717, 1.165) is 10.7 Å². The Hall–Kier alpha value is -2.35. The molecule has 1 unspecified atom stereocenters. The first kappa shape index (κ1) is 18.0. The maximum Gasteiger partial charge on any atom is 0.345 e. The topological polar surface area (TPSA) is 88.1 Å². The summed E-state index contributed by atoms with van der Waals surface area (Å²) < 4.78 is 34.2. The van der Waals surface area contributed by atoms with E-state index in [1.165, 1.54) is 13.1 Å². The van der Waals surface area contributed by atoms with Gasteiger partial charge in [-0.15, -0.1) is 4.40 Å². The number of benzene rings is 1. The van der Waals surface area contributed by atoms with Crippen LogP contribution in [0.3, 0.4) is 0 Å². The molecule has 1 N–H and O–H groups in total. The van der Waals surface area contributed by atoms with Gasteiger partial charge in [-0.1, -0.05) is 6.92 Å². The van der Waals surface area contributed by atoms with Crippen LogP contribution >= 0.6 is 0 Å². The van der Waals surface area contributed by atoms with Crippen LogP contribution in [0.5, 0.6) is 5.75 Å². The van der Waals surface area contributed by atoms with E-state index in [2.05, 4.69) is 9.71 Å². The van der Waals surface area contributed by atoms with Gasteiger partial charge in [-0.3, -0.25) is 4.79 Å². The number of carbonyl (C=O) groups excluding carboxylic acids is 1. The Morgan fingerprint density at radius 2 is 1.96 bits per heavy atom. The largest absolute Gasteiger partial charge is 0.497 e. The van der Waals surface area contributed by atoms with Crippen LogP contribution in [0.15, 0.2) is 40.4 Å². The Morgan fingerprint density at radius 3 is 2.50 bits per heavy atom. The van der Waals surface area contributed by atoms with Gasteiger partial charge in [0.2, 0.25) is 0 Å². The molecular formula is C16H21N3O4S. The van der Waals surface area contributed by atoms with Crippen molar-refractivity contribution in [1.29, 1.82) is 0 Å². The second-order valence-electron chi connectivity index (χ2n) is 5.46. The van der Waals surface area contributed by atoms with Crippen LogP contribution in [0.25, 0.3) is 0 Å². The van der Waals surface area contributed by atoms with Gasteiger partial charge in [0.05, 0.1) is 12.8 Å². The zero-order chi connectivity index (χ0) is 17.9. The van der Waals surface area contributed by atoms with Crippen molar-refractivity contribution in [1.82, 2.24) is 9.62 Å². The molecular weight excluding hydrogens is 330 g/mol. The summed E-state index contributed by atoms with van der Waals surface area (Å²) in [5.74, 6) is 0.199. The predicted octanol–water partition coefficient (Wildman–Crippen LogP) is 1.47. The molecule has 0 bridgehead atoms. The summed E-state index contributed by atoms with van der Waals surface area (Å²) in [4.78, 5) is 12.4. The van der Waals surface area contributed by atoms with Crippen molar-refractivity contribution in [3.05, 3.63) is 41.6 Å². The minimum Gasteiger partial charge on any atom is -0.497 e. The number of rotatable bonds is 5. The van der Waals surface area contributed by atoms with Crippen molar-refractivity contribution in [3.63, 3.8) is 0 Å². The molecule has 0 aliphatic carbocycles. The minimum absolute atomic E-state index is 0.0381. The minimum atomic E-state index is -3.95. The van der Waals surface area contributed by atoms with Crippen molar-refractivity contribution >= 4 is 21.8 Å². The fourth-order valence-corrected chi connectivity index (χ4v) is 2.98. The first-order valence-electron chi connectivity index (χ1n) is 7.54. The molecule has 1 aliphatic heterocycles. The third-order valence-corrected chi connectivity index (χ3v) is 5.10. The molecule has 8 heteroatoms. The zero-order valence-electron chi connectivity index (χ0n) is 14.1. The number of ether oxygens (including phenoxy) is 1. The predicted molar refractivity (Wildman–Crippen MR) is 92.2 cm³/mol. The first-order valence-corrected chi connectivity index (χ1v) is 8.94. The standard InChI is InChI=1S/C16H21N3O4S/c1-5-11(2)17-16(20)15-10-14(18-24(21,22)19(15)3)12-6-8-13(23-4)9-7-12/h6-11H,5H2,1-4H3,(H,17,20). The average Bonchev–Trinajstić information content (AvgIpc) is 2.56. The molecule has 130 valence electrons. The molecule has 0 spiro atoms. The van der Waals surface area contributed by atoms with E-state index in [-0.39, 0.29) is 17.5 Å². The van der Waals surface area contributed by atoms with Crippen molar-refractivity contribution in [2.75, 3.05) is 14.2 Å². The van der Waals surface area contributed by atoms with Gasteiger partial charge >= 0.3 is 10.2 Å². The monoisotopic (exact) mass is 351 g/mol. The highest BCUT2D eigenvalue weighted by Gasteiger charge is 2.30. The summed E-state index contributed by atoms with van der Waals surface area (Å²) in [6, 6.07) is 6.74. The van der Waals surface area contributed by atoms with E-state index >= 15 is 0 Å². The Labute approximate surface area is 142 Å². The maximum absolute atomic E-state index is 12.4. The van der Waals surface area contributed by atoms with Crippen LogP contribution in [0.2, 0.25) is 0 Å². The molecule has 1 aromatic carbocycles. The van der Waals surface area contributed by atoms with Gasteiger partial charge in [0.1, 0.15) is 11.4 Å². The Kier molecular flexibility index (Phi) is 5.28. The SMILES string of the molecule is CCC(C)NC(=O)C1=CC(c2ccc(OC)cc2)=NS(=O)(=O)N1C. The molecule has 2 rings (SSSR count). The Morgan fingerprint density at radius 1 is 1.33 bits per heavy atom. The Bertz CT molecular complexity index is 782. The Balaban J connectivity index is 2.41. The van der Waals surface area contributed by atoms with Crippen molar-refractivity contribution in [2.45, 2.75) is 26.3 Å². The molecule has 0 saturated carbocycles. The van der Waals surface area contributed by atoms with Crippen molar-refractivity contribution in [2.24, 2.45) is 4.40 Å². The highest BCUT2D eigenvalue weighted by atomic mass is 32.2. The highest BCUT2D eigenvalue weighted by molar-refractivity contribution is 7.88. The lowest BCUT2D eigenvalue weighted by atomic mass is 10.1. The third kappa shape index (κ3) is 3.76. The van der Waals surface area contributed by atoms with Crippen LogP contribution in [0.1, 0.15) is 25.8 Å². The van der Waals surface area contributed by atoms with Gasteiger partial charge in [-0.2, -0.15) is 8.42 Å². The van der Waals surface area contributed by atoms with E-state index in [0.29, 0.717) is 11.3 Å². The normalized spacial score (nSPS) is 17.6. The lowest BCUT2D eigenvalue weighted by molar-refractivity contribution is -0.119. The quantitative estimate of drug-likeness (QED) is 0.870. The van der Waals surface area contributed by atoms with Gasteiger partial charge in [0.25, 0.3) is 5.91 Å². The summed E-state index contributed by atoms with van der Waals surface area (Å²) in [5, 5.41) is 2.77. The fourth-order valence-electron chi connectivity index (χ4n) is 2.06. The molecule has 1 aliphatic rings. The molecule has 0 radical (unpaired) electrons. The first-order chi connectivity index (χ1) is 11.3. The van der Waals surface area contributed by atoms with Crippen LogP contribution in [0, 0.1) is 0 Å². The van der Waals surface area contributed by atoms with E-state index in [1.807, 2.05) is 13.8 Å². The lowest BCUT2D eigenvalue weighted by Crippen LogP contribution is -2.41. The summed E-state index contributed by atoms with van der Waals surface area (Å²) in [6.07, 6.45) is 2.22. The number of nitrogens with zero attached hydrogens (tertiary/aromatic N) is 2. The molecule has 1 heterocycles. The van der Waals surface area contributed by atoms with Crippen LogP contribution in [0.4, 0.5) is 0 Å². The summed E-state index contributed by atoms with van der Waals surface area (Å²) in [6.45, 7) is 3.79. The number of nitrogens with one attached hydrogen (secondary N) is 1. The molecule has 0 fully saturated rings. The van der Waals surface area contributed by atoms with Crippen LogP contribution in [-0.4, -0.2) is 44.5 Å². The second-order valence-corrected chi connectivity index (χ2v) is 7.09. The van der Waals surface area contributed by atoms with Crippen LogP contribution in [-0.2, 0) is 15.0 Å². The van der Waals surface area contributed by atoms with E-state index in [9.17, 15) is 13.2 Å².